The Bertz CT molecular complexity index is 1130. The molecule has 144 valence electrons. The lowest BCUT2D eigenvalue weighted by molar-refractivity contribution is 0.330. The summed E-state index contributed by atoms with van der Waals surface area (Å²) in [6.45, 7) is 5.07. The van der Waals surface area contributed by atoms with Crippen LogP contribution in [0.5, 0.6) is 5.75 Å². The van der Waals surface area contributed by atoms with E-state index in [4.69, 9.17) is 10.5 Å². The largest absolute Gasteiger partial charge is 0.492 e. The molecule has 0 radical (unpaired) electrons. The van der Waals surface area contributed by atoms with Crippen LogP contribution in [0.3, 0.4) is 0 Å². The molecule has 3 heterocycles. The molecule has 0 spiro atoms. The van der Waals surface area contributed by atoms with Crippen LogP contribution >= 0.6 is 0 Å². The number of sulfone groups is 1. The number of nitrogens with zero attached hydrogens (tertiary/aromatic N) is 3. The van der Waals surface area contributed by atoms with E-state index in [9.17, 15) is 17.2 Å². The maximum Gasteiger partial charge on any atom is 0.224 e. The first-order chi connectivity index (χ1) is 12.7. The molecular weight excluding hydrogens is 378 g/mol. The number of hydrogen-bond acceptors (Lipinski definition) is 6. The zero-order valence-corrected chi connectivity index (χ0v) is 15.7. The van der Waals surface area contributed by atoms with Crippen LogP contribution < -0.4 is 10.5 Å². The van der Waals surface area contributed by atoms with Crippen molar-refractivity contribution >= 4 is 21.3 Å². The number of halogens is 2. The Kier molecular flexibility index (Phi) is 4.77. The fourth-order valence-electron chi connectivity index (χ4n) is 2.58. The maximum atomic E-state index is 14.2. The molecule has 0 aromatic carbocycles. The Morgan fingerprint density at radius 2 is 2.00 bits per heavy atom. The highest BCUT2D eigenvalue weighted by atomic mass is 32.2. The van der Waals surface area contributed by atoms with Crippen LogP contribution in [-0.2, 0) is 9.84 Å². The summed E-state index contributed by atoms with van der Waals surface area (Å²) in [5.41, 5.74) is 5.54. The predicted molar refractivity (Wildman–Crippen MR) is 96.2 cm³/mol. The summed E-state index contributed by atoms with van der Waals surface area (Å²) < 4.78 is 60.3. The van der Waals surface area contributed by atoms with E-state index in [0.29, 0.717) is 5.65 Å². The number of aromatic nitrogens is 3. The molecule has 0 saturated carbocycles. The van der Waals surface area contributed by atoms with Crippen molar-refractivity contribution < 1.29 is 21.9 Å². The zero-order chi connectivity index (χ0) is 19.9. The number of rotatable bonds is 5. The number of anilines is 1. The van der Waals surface area contributed by atoms with Crippen LogP contribution in [0.15, 0.2) is 29.4 Å². The molecule has 27 heavy (non-hydrogen) atoms. The zero-order valence-electron chi connectivity index (χ0n) is 14.9. The van der Waals surface area contributed by atoms with Gasteiger partial charge in [0.25, 0.3) is 0 Å². The van der Waals surface area contributed by atoms with Gasteiger partial charge >= 0.3 is 0 Å². The minimum absolute atomic E-state index is 0.0598. The summed E-state index contributed by atoms with van der Waals surface area (Å²) in [4.78, 5) is 7.41. The van der Waals surface area contributed by atoms with Crippen LogP contribution in [0, 0.1) is 11.8 Å². The second-order valence-electron chi connectivity index (χ2n) is 6.09. The third kappa shape index (κ3) is 3.20. The van der Waals surface area contributed by atoms with Crippen LogP contribution in [-0.4, -0.2) is 34.6 Å². The van der Waals surface area contributed by atoms with Gasteiger partial charge < -0.3 is 10.5 Å². The van der Waals surface area contributed by atoms with Crippen molar-refractivity contribution in [3.05, 3.63) is 36.3 Å². The van der Waals surface area contributed by atoms with Crippen molar-refractivity contribution in [3.8, 4) is 17.0 Å². The lowest BCUT2D eigenvalue weighted by Gasteiger charge is -2.14. The lowest BCUT2D eigenvalue weighted by atomic mass is 10.2. The molecule has 3 aromatic rings. The number of nitrogen functional groups attached to an aromatic ring is 1. The van der Waals surface area contributed by atoms with E-state index in [1.54, 1.807) is 20.8 Å². The molecular formula is C17H18F2N4O3S. The van der Waals surface area contributed by atoms with E-state index in [2.05, 4.69) is 9.97 Å². The highest BCUT2D eigenvalue weighted by Crippen LogP contribution is 2.32. The van der Waals surface area contributed by atoms with Gasteiger partial charge in [-0.2, -0.15) is 9.37 Å². The monoisotopic (exact) mass is 396 g/mol. The second kappa shape index (κ2) is 6.76. The first-order valence-electron chi connectivity index (χ1n) is 8.16. The van der Waals surface area contributed by atoms with Gasteiger partial charge in [0.05, 0.1) is 29.3 Å². The fourth-order valence-corrected chi connectivity index (χ4v) is 3.74. The number of nitrogens with two attached hydrogens (primary N) is 1. The molecule has 0 atom stereocenters. The van der Waals surface area contributed by atoms with Gasteiger partial charge in [-0.1, -0.05) is 0 Å². The summed E-state index contributed by atoms with van der Waals surface area (Å²) in [5, 5.41) is -0.700. The third-order valence-electron chi connectivity index (χ3n) is 4.03. The van der Waals surface area contributed by atoms with Crippen molar-refractivity contribution in [2.45, 2.75) is 30.9 Å². The third-order valence-corrected chi connectivity index (χ3v) is 6.20. The van der Waals surface area contributed by atoms with Crippen molar-refractivity contribution in [3.63, 3.8) is 0 Å². The molecule has 3 aromatic heterocycles. The van der Waals surface area contributed by atoms with E-state index >= 15 is 0 Å². The van der Waals surface area contributed by atoms with Gasteiger partial charge in [0.15, 0.2) is 21.5 Å². The van der Waals surface area contributed by atoms with E-state index < -0.39 is 32.7 Å². The van der Waals surface area contributed by atoms with E-state index in [0.717, 1.165) is 6.07 Å². The van der Waals surface area contributed by atoms with Crippen molar-refractivity contribution in [2.24, 2.45) is 0 Å². The van der Waals surface area contributed by atoms with Gasteiger partial charge in [-0.15, -0.1) is 0 Å². The van der Waals surface area contributed by atoms with Gasteiger partial charge in [-0.25, -0.2) is 17.8 Å². The first kappa shape index (κ1) is 19.0. The van der Waals surface area contributed by atoms with Gasteiger partial charge in [0.2, 0.25) is 5.95 Å². The Balaban J connectivity index is 2.32. The summed E-state index contributed by atoms with van der Waals surface area (Å²) in [6.07, 6.45) is 2.60. The molecule has 10 heteroatoms. The first-order valence-corrected chi connectivity index (χ1v) is 9.71. The maximum absolute atomic E-state index is 14.2. The summed E-state index contributed by atoms with van der Waals surface area (Å²) >= 11 is 0. The molecule has 3 rings (SSSR count). The van der Waals surface area contributed by atoms with Crippen molar-refractivity contribution in [2.75, 3.05) is 12.3 Å². The number of hydrogen-bond donors (Lipinski definition) is 1. The Morgan fingerprint density at radius 1 is 1.30 bits per heavy atom. The molecule has 0 aliphatic heterocycles. The molecule has 7 nitrogen and oxygen atoms in total. The van der Waals surface area contributed by atoms with Crippen molar-refractivity contribution in [1.82, 2.24) is 14.4 Å². The smallest absolute Gasteiger partial charge is 0.224 e. The van der Waals surface area contributed by atoms with Gasteiger partial charge in [-0.3, -0.25) is 4.40 Å². The van der Waals surface area contributed by atoms with E-state index in [-0.39, 0.29) is 28.5 Å². The number of fused-ring (bicyclic) bond motifs is 1. The standard InChI is InChI=1S/C17H18F2N4O3S/c1-4-26-13-6-15-21-7-12(10-5-11(18)17(20)22-16(10)19)23(15)8-14(13)27(24,25)9(2)3/h5-9H,4H2,1-3H3,(H2,20,22). The highest BCUT2D eigenvalue weighted by Gasteiger charge is 2.26. The molecule has 0 amide bonds. The van der Waals surface area contributed by atoms with Gasteiger partial charge in [0.1, 0.15) is 16.3 Å². The highest BCUT2D eigenvalue weighted by molar-refractivity contribution is 7.92. The summed E-state index contributed by atoms with van der Waals surface area (Å²) in [5.74, 6) is -2.29. The molecule has 0 aliphatic rings. The van der Waals surface area contributed by atoms with E-state index in [1.807, 2.05) is 0 Å². The Morgan fingerprint density at radius 3 is 2.63 bits per heavy atom. The topological polar surface area (TPSA) is 99.6 Å². The summed E-state index contributed by atoms with van der Waals surface area (Å²) in [6, 6.07) is 2.34. The molecule has 0 fully saturated rings. The summed E-state index contributed by atoms with van der Waals surface area (Å²) in [7, 11) is -3.70. The molecule has 0 aliphatic carbocycles. The van der Waals surface area contributed by atoms with Crippen molar-refractivity contribution in [1.29, 1.82) is 0 Å². The van der Waals surface area contributed by atoms with Crippen LogP contribution in [0.25, 0.3) is 16.9 Å². The molecule has 0 bridgehead atoms. The predicted octanol–water partition coefficient (Wildman–Crippen LogP) is 2.84. The lowest BCUT2D eigenvalue weighted by Crippen LogP contribution is -2.16. The number of ether oxygens (including phenoxy) is 1. The minimum Gasteiger partial charge on any atom is -0.492 e. The van der Waals surface area contributed by atoms with Gasteiger partial charge in [-0.05, 0) is 26.8 Å². The van der Waals surface area contributed by atoms with Crippen LogP contribution in [0.4, 0.5) is 14.6 Å². The Labute approximate surface area is 154 Å². The average molecular weight is 396 g/mol. The molecule has 0 saturated heterocycles. The van der Waals surface area contributed by atoms with Gasteiger partial charge in [0, 0.05) is 12.3 Å². The minimum atomic E-state index is -3.70. The Hall–Kier alpha value is -2.75. The fraction of sp³-hybridized carbons (Fsp3) is 0.294. The number of pyridine rings is 2. The average Bonchev–Trinajstić information content (AvgIpc) is 3.00. The second-order valence-corrected chi connectivity index (χ2v) is 8.57. The van der Waals surface area contributed by atoms with Crippen LogP contribution in [0.2, 0.25) is 0 Å². The number of imidazole rings is 1. The van der Waals surface area contributed by atoms with Crippen LogP contribution in [0.1, 0.15) is 20.8 Å². The normalized spacial score (nSPS) is 12.1. The van der Waals surface area contributed by atoms with E-state index in [1.165, 1.54) is 22.9 Å². The quantitative estimate of drug-likeness (QED) is 0.666. The molecule has 0 unspecified atom stereocenters. The molecule has 2 N–H and O–H groups in total. The SMILES string of the molecule is CCOc1cc2ncc(-c3cc(F)c(N)nc3F)n2cc1S(=O)(=O)C(C)C.